The summed E-state index contributed by atoms with van der Waals surface area (Å²) in [5, 5.41) is 4.16. The average molecular weight is 384 g/mol. The average Bonchev–Trinajstić information content (AvgIpc) is 3.05. The van der Waals surface area contributed by atoms with Crippen molar-refractivity contribution in [2.45, 2.75) is 11.4 Å². The summed E-state index contributed by atoms with van der Waals surface area (Å²) in [4.78, 5) is 4.04. The van der Waals surface area contributed by atoms with Crippen molar-refractivity contribution < 1.29 is 12.9 Å². The molecule has 3 aromatic rings. The van der Waals surface area contributed by atoms with Crippen molar-refractivity contribution in [3.63, 3.8) is 0 Å². The number of nitrogens with zero attached hydrogens (tertiary/aromatic N) is 2. The van der Waals surface area contributed by atoms with E-state index < -0.39 is 10.0 Å². The summed E-state index contributed by atoms with van der Waals surface area (Å²) in [6.45, 7) is -0.162. The minimum absolute atomic E-state index is 0.0717. The zero-order valence-electron chi connectivity index (χ0n) is 12.1. The number of hydrogen-bond acceptors (Lipinski definition) is 5. The second kappa shape index (κ2) is 6.90. The van der Waals surface area contributed by atoms with E-state index >= 15 is 0 Å². The Hall–Kier alpha value is -1.93. The van der Waals surface area contributed by atoms with Crippen LogP contribution in [0, 0.1) is 0 Å². The normalized spacial score (nSPS) is 11.6. The fourth-order valence-corrected chi connectivity index (χ4v) is 3.68. The molecule has 24 heavy (non-hydrogen) atoms. The van der Waals surface area contributed by atoms with Crippen molar-refractivity contribution >= 4 is 33.2 Å². The fourth-order valence-electron chi connectivity index (χ4n) is 1.95. The summed E-state index contributed by atoms with van der Waals surface area (Å²) in [5.74, 6) is 0.515. The summed E-state index contributed by atoms with van der Waals surface area (Å²) in [7, 11) is -3.86. The predicted octanol–water partition coefficient (Wildman–Crippen LogP) is 3.52. The molecule has 0 aliphatic rings. The summed E-state index contributed by atoms with van der Waals surface area (Å²) < 4.78 is 32.0. The first-order chi connectivity index (χ1) is 11.5. The molecule has 0 atom stereocenters. The molecular weight excluding hydrogens is 373 g/mol. The van der Waals surface area contributed by atoms with Gasteiger partial charge in [0.25, 0.3) is 0 Å². The van der Waals surface area contributed by atoms with Crippen LogP contribution in [0.3, 0.4) is 0 Å². The molecule has 124 valence electrons. The molecule has 0 radical (unpaired) electrons. The van der Waals surface area contributed by atoms with Crippen molar-refractivity contribution in [1.29, 1.82) is 0 Å². The molecule has 9 heteroatoms. The number of aromatic nitrogens is 2. The van der Waals surface area contributed by atoms with Crippen LogP contribution in [0.2, 0.25) is 10.0 Å². The maximum atomic E-state index is 12.3. The Balaban J connectivity index is 1.76. The zero-order chi connectivity index (χ0) is 17.2. The van der Waals surface area contributed by atoms with E-state index in [9.17, 15) is 8.42 Å². The van der Waals surface area contributed by atoms with Crippen molar-refractivity contribution in [2.24, 2.45) is 0 Å². The lowest BCUT2D eigenvalue weighted by Gasteiger charge is -2.06. The largest absolute Gasteiger partial charge is 0.338 e. The van der Waals surface area contributed by atoms with Crippen LogP contribution in [0.25, 0.3) is 11.4 Å². The molecule has 0 unspecified atom stereocenters. The second-order valence-corrected chi connectivity index (χ2v) is 7.36. The van der Waals surface area contributed by atoms with E-state index in [-0.39, 0.29) is 27.4 Å². The highest BCUT2D eigenvalue weighted by Gasteiger charge is 2.19. The minimum atomic E-state index is -3.86. The molecule has 0 amide bonds. The SMILES string of the molecule is O=S(=O)(NCc1nc(-c2ccccc2)no1)c1cc(Cl)ccc1Cl. The zero-order valence-corrected chi connectivity index (χ0v) is 14.4. The van der Waals surface area contributed by atoms with E-state index in [4.69, 9.17) is 27.7 Å². The molecule has 0 bridgehead atoms. The number of rotatable bonds is 5. The van der Waals surface area contributed by atoms with Gasteiger partial charge >= 0.3 is 0 Å². The third-order valence-electron chi connectivity index (χ3n) is 3.10. The van der Waals surface area contributed by atoms with Crippen LogP contribution >= 0.6 is 23.2 Å². The van der Waals surface area contributed by atoms with E-state index in [1.54, 1.807) is 0 Å². The van der Waals surface area contributed by atoms with Crippen LogP contribution in [0.4, 0.5) is 0 Å². The maximum Gasteiger partial charge on any atom is 0.242 e. The Morgan fingerprint density at radius 2 is 1.83 bits per heavy atom. The Kier molecular flexibility index (Phi) is 4.86. The second-order valence-electron chi connectivity index (χ2n) is 4.78. The first kappa shape index (κ1) is 16.9. The molecular formula is C15H11Cl2N3O3S. The summed E-state index contributed by atoms with van der Waals surface area (Å²) in [6, 6.07) is 13.4. The molecule has 0 spiro atoms. The number of nitrogens with one attached hydrogen (secondary N) is 1. The van der Waals surface area contributed by atoms with Gasteiger partial charge in [0.2, 0.25) is 21.7 Å². The van der Waals surface area contributed by atoms with Gasteiger partial charge in [-0.3, -0.25) is 0 Å². The molecule has 0 aliphatic heterocycles. The van der Waals surface area contributed by atoms with E-state index in [0.717, 1.165) is 5.56 Å². The topological polar surface area (TPSA) is 85.1 Å². The quantitative estimate of drug-likeness (QED) is 0.728. The van der Waals surface area contributed by atoms with Crippen molar-refractivity contribution in [3.05, 3.63) is 64.5 Å². The molecule has 0 saturated carbocycles. The number of hydrogen-bond donors (Lipinski definition) is 1. The third-order valence-corrected chi connectivity index (χ3v) is 5.21. The first-order valence-corrected chi connectivity index (χ1v) is 9.02. The summed E-state index contributed by atoms with van der Waals surface area (Å²) >= 11 is 11.7. The van der Waals surface area contributed by atoms with Gasteiger partial charge in [-0.25, -0.2) is 13.1 Å². The van der Waals surface area contributed by atoms with E-state index in [1.807, 2.05) is 30.3 Å². The van der Waals surface area contributed by atoms with Crippen LogP contribution in [0.5, 0.6) is 0 Å². The standard InChI is InChI=1S/C15H11Cl2N3O3S/c16-11-6-7-12(17)13(8-11)24(21,22)18-9-14-19-15(20-23-14)10-4-2-1-3-5-10/h1-8,18H,9H2. The third kappa shape index (κ3) is 3.76. The molecule has 0 aliphatic carbocycles. The molecule has 3 rings (SSSR count). The van der Waals surface area contributed by atoms with Crippen molar-refractivity contribution in [3.8, 4) is 11.4 Å². The van der Waals surface area contributed by atoms with Gasteiger partial charge in [-0.1, -0.05) is 58.7 Å². The lowest BCUT2D eigenvalue weighted by atomic mass is 10.2. The van der Waals surface area contributed by atoms with Gasteiger partial charge in [-0.2, -0.15) is 4.98 Å². The van der Waals surface area contributed by atoms with Crippen LogP contribution in [0.15, 0.2) is 57.9 Å². The highest BCUT2D eigenvalue weighted by Crippen LogP contribution is 2.25. The summed E-state index contributed by atoms with van der Waals surface area (Å²) in [6.07, 6.45) is 0. The highest BCUT2D eigenvalue weighted by molar-refractivity contribution is 7.89. The smallest absolute Gasteiger partial charge is 0.242 e. The van der Waals surface area contributed by atoms with Gasteiger partial charge < -0.3 is 4.52 Å². The van der Waals surface area contributed by atoms with Gasteiger partial charge in [0.05, 0.1) is 11.6 Å². The van der Waals surface area contributed by atoms with Crippen LogP contribution in [0.1, 0.15) is 5.89 Å². The highest BCUT2D eigenvalue weighted by atomic mass is 35.5. The lowest BCUT2D eigenvalue weighted by Crippen LogP contribution is -2.23. The lowest BCUT2D eigenvalue weighted by molar-refractivity contribution is 0.376. The fraction of sp³-hybridized carbons (Fsp3) is 0.0667. The number of halogens is 2. The summed E-state index contributed by atoms with van der Waals surface area (Å²) in [5.41, 5.74) is 0.772. The minimum Gasteiger partial charge on any atom is -0.338 e. The van der Waals surface area contributed by atoms with Crippen molar-refractivity contribution in [2.75, 3.05) is 0 Å². The van der Waals surface area contributed by atoms with Gasteiger partial charge in [-0.15, -0.1) is 0 Å². The van der Waals surface area contributed by atoms with Crippen molar-refractivity contribution in [1.82, 2.24) is 14.9 Å². The van der Waals surface area contributed by atoms with E-state index in [1.165, 1.54) is 18.2 Å². The molecule has 2 aromatic carbocycles. The Morgan fingerprint density at radius 3 is 2.58 bits per heavy atom. The van der Waals surface area contributed by atoms with E-state index in [2.05, 4.69) is 14.9 Å². The molecule has 6 nitrogen and oxygen atoms in total. The van der Waals surface area contributed by atoms with Gasteiger partial charge in [0.15, 0.2) is 0 Å². The number of sulfonamides is 1. The Labute approximate surface area is 148 Å². The molecule has 1 N–H and O–H groups in total. The Morgan fingerprint density at radius 1 is 1.08 bits per heavy atom. The molecule has 0 saturated heterocycles. The first-order valence-electron chi connectivity index (χ1n) is 6.78. The Bertz CT molecular complexity index is 959. The molecule has 1 heterocycles. The van der Waals surface area contributed by atoms with Gasteiger partial charge in [0.1, 0.15) is 4.90 Å². The van der Waals surface area contributed by atoms with Crippen LogP contribution < -0.4 is 4.72 Å². The number of benzene rings is 2. The van der Waals surface area contributed by atoms with Crippen LogP contribution in [-0.4, -0.2) is 18.6 Å². The maximum absolute atomic E-state index is 12.3. The van der Waals surface area contributed by atoms with Crippen LogP contribution in [-0.2, 0) is 16.6 Å². The molecule has 1 aromatic heterocycles. The monoisotopic (exact) mass is 383 g/mol. The molecule has 0 fully saturated rings. The predicted molar refractivity (Wildman–Crippen MR) is 90.2 cm³/mol. The van der Waals surface area contributed by atoms with Gasteiger partial charge in [0, 0.05) is 10.6 Å². The van der Waals surface area contributed by atoms with E-state index in [0.29, 0.717) is 5.82 Å². The van der Waals surface area contributed by atoms with Gasteiger partial charge in [-0.05, 0) is 18.2 Å².